The molecule has 0 unspecified atom stereocenters. The molecule has 0 spiro atoms. The van der Waals surface area contributed by atoms with Crippen molar-refractivity contribution in [2.45, 2.75) is 50.0 Å². The summed E-state index contributed by atoms with van der Waals surface area (Å²) in [4.78, 5) is 29.8. The first-order chi connectivity index (χ1) is 13.9. The number of carbonyl (C=O) groups is 2. The molecule has 7 nitrogen and oxygen atoms in total. The van der Waals surface area contributed by atoms with Gasteiger partial charge in [-0.05, 0) is 44.2 Å². The van der Waals surface area contributed by atoms with Crippen molar-refractivity contribution >= 4 is 21.8 Å². The Morgan fingerprint density at radius 1 is 0.966 bits per heavy atom. The van der Waals surface area contributed by atoms with E-state index in [9.17, 15) is 18.0 Å². The molecule has 2 atom stereocenters. The average molecular weight is 420 g/mol. The molecule has 3 fully saturated rings. The molecule has 3 saturated heterocycles. The molecule has 1 aromatic carbocycles. The third-order valence-electron chi connectivity index (χ3n) is 6.88. The quantitative estimate of drug-likeness (QED) is 0.747. The fraction of sp³-hybridized carbons (Fsp3) is 0.619. The maximum atomic E-state index is 13.6. The van der Waals surface area contributed by atoms with Crippen LogP contribution >= 0.6 is 0 Å². The second kappa shape index (κ2) is 7.72. The van der Waals surface area contributed by atoms with E-state index in [0.717, 1.165) is 25.9 Å². The van der Waals surface area contributed by atoms with Gasteiger partial charge in [0.1, 0.15) is 0 Å². The van der Waals surface area contributed by atoms with Crippen LogP contribution in [0.4, 0.5) is 0 Å². The van der Waals surface area contributed by atoms with Crippen LogP contribution in [0.2, 0.25) is 0 Å². The van der Waals surface area contributed by atoms with Gasteiger partial charge < -0.3 is 9.80 Å². The molecule has 0 saturated carbocycles. The van der Waals surface area contributed by atoms with Crippen LogP contribution in [0.25, 0.3) is 0 Å². The summed E-state index contributed by atoms with van der Waals surface area (Å²) >= 11 is 0. The number of nitrogens with zero attached hydrogens (tertiary/aromatic N) is 3. The second-order valence-corrected chi connectivity index (χ2v) is 10.3. The summed E-state index contributed by atoms with van der Waals surface area (Å²) in [5.74, 6) is 0.0770. The number of likely N-dealkylation sites (tertiary alicyclic amines) is 2. The Labute approximate surface area is 172 Å². The molecule has 1 aromatic rings. The highest BCUT2D eigenvalue weighted by molar-refractivity contribution is 7.89. The summed E-state index contributed by atoms with van der Waals surface area (Å²) < 4.78 is 27.8. The van der Waals surface area contributed by atoms with Crippen LogP contribution in [0.1, 0.15) is 39.0 Å². The molecule has 3 aliphatic heterocycles. The minimum absolute atomic E-state index is 0.0366. The van der Waals surface area contributed by atoms with E-state index in [1.807, 2.05) is 4.90 Å². The largest absolute Gasteiger partial charge is 0.342 e. The third-order valence-corrected chi connectivity index (χ3v) is 8.79. The maximum absolute atomic E-state index is 13.6. The minimum atomic E-state index is -3.62. The van der Waals surface area contributed by atoms with Crippen molar-refractivity contribution in [2.24, 2.45) is 5.41 Å². The Bertz CT molecular complexity index is 882. The first-order valence-electron chi connectivity index (χ1n) is 10.5. The fourth-order valence-electron chi connectivity index (χ4n) is 5.32. The lowest BCUT2D eigenvalue weighted by Crippen LogP contribution is -2.51. The summed E-state index contributed by atoms with van der Waals surface area (Å²) in [6, 6.07) is 8.21. The van der Waals surface area contributed by atoms with E-state index in [-0.39, 0.29) is 22.8 Å². The first-order valence-corrected chi connectivity index (χ1v) is 11.9. The van der Waals surface area contributed by atoms with Gasteiger partial charge in [0, 0.05) is 45.7 Å². The van der Waals surface area contributed by atoms with E-state index >= 15 is 0 Å². The smallest absolute Gasteiger partial charge is 0.243 e. The molecule has 3 aliphatic rings. The number of benzene rings is 1. The molecule has 4 rings (SSSR count). The zero-order valence-electron chi connectivity index (χ0n) is 16.9. The molecule has 0 bridgehead atoms. The fourth-order valence-corrected chi connectivity index (χ4v) is 6.79. The molecule has 8 heteroatoms. The normalized spacial score (nSPS) is 28.2. The van der Waals surface area contributed by atoms with Gasteiger partial charge in [-0.25, -0.2) is 8.42 Å². The predicted octanol–water partition coefficient (Wildman–Crippen LogP) is 1.70. The predicted molar refractivity (Wildman–Crippen MR) is 108 cm³/mol. The van der Waals surface area contributed by atoms with Gasteiger partial charge >= 0.3 is 0 Å². The zero-order chi connectivity index (χ0) is 20.6. The summed E-state index contributed by atoms with van der Waals surface area (Å²) in [6.07, 6.45) is 3.59. The molecular weight excluding hydrogens is 390 g/mol. The number of sulfonamides is 1. The van der Waals surface area contributed by atoms with Crippen LogP contribution in [0, 0.1) is 5.41 Å². The number of carbonyl (C=O) groups excluding carboxylic acids is 2. The van der Waals surface area contributed by atoms with Gasteiger partial charge in [-0.3, -0.25) is 9.59 Å². The third kappa shape index (κ3) is 3.46. The Kier molecular flexibility index (Phi) is 5.42. The Hall–Kier alpha value is -1.93. The van der Waals surface area contributed by atoms with Gasteiger partial charge in [0.25, 0.3) is 0 Å². The number of amides is 2. The topological polar surface area (TPSA) is 78.0 Å². The molecule has 29 heavy (non-hydrogen) atoms. The highest BCUT2D eigenvalue weighted by Gasteiger charge is 2.56. The van der Waals surface area contributed by atoms with E-state index in [1.54, 1.807) is 42.2 Å². The van der Waals surface area contributed by atoms with Gasteiger partial charge in [0.05, 0.1) is 10.3 Å². The molecule has 2 amide bonds. The monoisotopic (exact) mass is 419 g/mol. The lowest BCUT2D eigenvalue weighted by atomic mass is 9.75. The number of rotatable bonds is 3. The average Bonchev–Trinajstić information content (AvgIpc) is 3.33. The van der Waals surface area contributed by atoms with E-state index in [4.69, 9.17) is 0 Å². The lowest BCUT2D eigenvalue weighted by Gasteiger charge is -2.37. The van der Waals surface area contributed by atoms with Crippen LogP contribution in [-0.2, 0) is 19.6 Å². The van der Waals surface area contributed by atoms with Crippen molar-refractivity contribution in [3.05, 3.63) is 30.3 Å². The summed E-state index contributed by atoms with van der Waals surface area (Å²) in [6.45, 7) is 4.27. The SMILES string of the molecule is CC(=O)N1CC[C@]2(C(=O)N3CCCC3)CCN(S(=O)(=O)c3ccccc3)CC[C@H]12. The first kappa shape index (κ1) is 20.3. The molecule has 0 radical (unpaired) electrons. The molecule has 158 valence electrons. The van der Waals surface area contributed by atoms with E-state index < -0.39 is 15.4 Å². The number of hydrogen-bond acceptors (Lipinski definition) is 4. The molecule has 0 aromatic heterocycles. The van der Waals surface area contributed by atoms with Crippen molar-refractivity contribution in [3.8, 4) is 0 Å². The number of hydrogen-bond donors (Lipinski definition) is 0. The van der Waals surface area contributed by atoms with Crippen molar-refractivity contribution in [1.82, 2.24) is 14.1 Å². The summed E-state index contributed by atoms with van der Waals surface area (Å²) in [5, 5.41) is 0. The van der Waals surface area contributed by atoms with Crippen LogP contribution < -0.4 is 0 Å². The molecule has 3 heterocycles. The van der Waals surface area contributed by atoms with E-state index in [2.05, 4.69) is 0 Å². The van der Waals surface area contributed by atoms with Gasteiger partial charge in [0.15, 0.2) is 0 Å². The van der Waals surface area contributed by atoms with Crippen molar-refractivity contribution in [2.75, 3.05) is 32.7 Å². The Morgan fingerprint density at radius 2 is 1.62 bits per heavy atom. The minimum Gasteiger partial charge on any atom is -0.342 e. The maximum Gasteiger partial charge on any atom is 0.243 e. The molecule has 0 N–H and O–H groups in total. The second-order valence-electron chi connectivity index (χ2n) is 8.39. The van der Waals surface area contributed by atoms with Gasteiger partial charge in [-0.2, -0.15) is 4.31 Å². The van der Waals surface area contributed by atoms with Crippen molar-refractivity contribution in [1.29, 1.82) is 0 Å². The lowest BCUT2D eigenvalue weighted by molar-refractivity contribution is -0.144. The van der Waals surface area contributed by atoms with Gasteiger partial charge in [-0.1, -0.05) is 18.2 Å². The van der Waals surface area contributed by atoms with Crippen LogP contribution in [0.5, 0.6) is 0 Å². The highest BCUT2D eigenvalue weighted by Crippen LogP contribution is 2.46. The Balaban J connectivity index is 1.65. The zero-order valence-corrected chi connectivity index (χ0v) is 17.7. The van der Waals surface area contributed by atoms with Gasteiger partial charge in [-0.15, -0.1) is 0 Å². The van der Waals surface area contributed by atoms with Crippen molar-refractivity contribution < 1.29 is 18.0 Å². The molecular formula is C21H29N3O4S. The van der Waals surface area contributed by atoms with Crippen LogP contribution in [0.3, 0.4) is 0 Å². The van der Waals surface area contributed by atoms with Crippen molar-refractivity contribution in [3.63, 3.8) is 0 Å². The highest BCUT2D eigenvalue weighted by atomic mass is 32.2. The van der Waals surface area contributed by atoms with Crippen LogP contribution in [-0.4, -0.2) is 73.1 Å². The van der Waals surface area contributed by atoms with E-state index in [0.29, 0.717) is 38.9 Å². The summed E-state index contributed by atoms with van der Waals surface area (Å²) in [5.41, 5.74) is -0.670. The summed E-state index contributed by atoms with van der Waals surface area (Å²) in [7, 11) is -3.62. The van der Waals surface area contributed by atoms with Crippen LogP contribution in [0.15, 0.2) is 35.2 Å². The van der Waals surface area contributed by atoms with Gasteiger partial charge in [0.2, 0.25) is 21.8 Å². The van der Waals surface area contributed by atoms with E-state index in [1.165, 1.54) is 4.31 Å². The number of fused-ring (bicyclic) bond motifs is 1. The Morgan fingerprint density at radius 3 is 2.28 bits per heavy atom. The molecule has 0 aliphatic carbocycles. The standard InChI is InChI=1S/C21H29N3O4S/c1-17(25)24-16-11-21(20(26)22-12-5-6-13-22)10-15-23(14-9-19(21)24)29(27,28)18-7-3-2-4-8-18/h2-4,7-8,19H,5-6,9-16H2,1H3/t19-,21+/m0/s1.